The van der Waals surface area contributed by atoms with Crippen molar-refractivity contribution in [3.05, 3.63) is 65.2 Å². The summed E-state index contributed by atoms with van der Waals surface area (Å²) in [7, 11) is 0. The lowest BCUT2D eigenvalue weighted by atomic mass is 10.1. The highest BCUT2D eigenvalue weighted by Crippen LogP contribution is 2.18. The summed E-state index contributed by atoms with van der Waals surface area (Å²) in [5.41, 5.74) is 5.59. The lowest BCUT2D eigenvalue weighted by Crippen LogP contribution is -2.43. The fraction of sp³-hybridized carbons (Fsp3) is 0.273. The number of nitrogens with one attached hydrogen (secondary N) is 2. The van der Waals surface area contributed by atoms with E-state index in [2.05, 4.69) is 10.7 Å². The molecule has 1 fully saturated rings. The number of carbonyl (C=O) groups is 4. The second-order valence-corrected chi connectivity index (χ2v) is 7.23. The Morgan fingerprint density at radius 3 is 2.23 bits per heavy atom. The predicted octanol–water partition coefficient (Wildman–Crippen LogP) is 1.98. The van der Waals surface area contributed by atoms with Crippen LogP contribution >= 0.6 is 0 Å². The van der Waals surface area contributed by atoms with E-state index in [1.165, 1.54) is 0 Å². The first-order chi connectivity index (χ1) is 14.3. The lowest BCUT2D eigenvalue weighted by molar-refractivity contribution is -0.151. The van der Waals surface area contributed by atoms with Crippen molar-refractivity contribution in [2.75, 3.05) is 18.5 Å². The molecule has 8 heteroatoms. The molecule has 1 heterocycles. The Morgan fingerprint density at radius 1 is 1.00 bits per heavy atom. The van der Waals surface area contributed by atoms with Gasteiger partial charge in [0.1, 0.15) is 0 Å². The minimum absolute atomic E-state index is 0.00511. The average molecular weight is 409 g/mol. The molecule has 156 valence electrons. The zero-order valence-corrected chi connectivity index (χ0v) is 16.8. The molecule has 0 unspecified atom stereocenters. The van der Waals surface area contributed by atoms with Gasteiger partial charge >= 0.3 is 5.97 Å². The number of ether oxygens (including phenoxy) is 1. The summed E-state index contributed by atoms with van der Waals surface area (Å²) in [6, 6.07) is 14.1. The molecule has 1 atom stereocenters. The van der Waals surface area contributed by atoms with E-state index < -0.39 is 30.3 Å². The number of hydrogen-bond acceptors (Lipinski definition) is 5. The van der Waals surface area contributed by atoms with Gasteiger partial charge in [-0.3, -0.25) is 29.6 Å². The Kier molecular flexibility index (Phi) is 6.46. The van der Waals surface area contributed by atoms with E-state index in [4.69, 9.17) is 4.74 Å². The topological polar surface area (TPSA) is 105 Å². The number of carbonyl (C=O) groups excluding carboxylic acids is 4. The van der Waals surface area contributed by atoms with Gasteiger partial charge in [0.25, 0.3) is 11.8 Å². The first-order valence-corrected chi connectivity index (χ1v) is 9.53. The Labute approximate surface area is 174 Å². The average Bonchev–Trinajstić information content (AvgIpc) is 3.09. The van der Waals surface area contributed by atoms with Crippen LogP contribution in [-0.4, -0.2) is 41.9 Å². The second kappa shape index (κ2) is 9.21. The van der Waals surface area contributed by atoms with E-state index in [0.717, 1.165) is 16.1 Å². The Bertz CT molecular complexity index is 954. The normalized spacial score (nSPS) is 15.6. The molecule has 0 spiro atoms. The molecule has 1 saturated heterocycles. The Balaban J connectivity index is 1.47. The summed E-state index contributed by atoms with van der Waals surface area (Å²) in [6.45, 7) is 3.38. The van der Waals surface area contributed by atoms with Crippen LogP contribution in [0.4, 0.5) is 5.69 Å². The highest BCUT2D eigenvalue weighted by molar-refractivity contribution is 5.97. The van der Waals surface area contributed by atoms with Gasteiger partial charge in [0.15, 0.2) is 6.61 Å². The van der Waals surface area contributed by atoms with Gasteiger partial charge in [-0.15, -0.1) is 0 Å². The third-order valence-corrected chi connectivity index (χ3v) is 4.69. The van der Waals surface area contributed by atoms with Gasteiger partial charge in [0, 0.05) is 17.7 Å². The van der Waals surface area contributed by atoms with Crippen molar-refractivity contribution in [3.8, 4) is 0 Å². The molecule has 3 amide bonds. The van der Waals surface area contributed by atoms with Gasteiger partial charge in [-0.1, -0.05) is 35.4 Å². The first-order valence-electron chi connectivity index (χ1n) is 9.53. The van der Waals surface area contributed by atoms with Gasteiger partial charge in [0.05, 0.1) is 12.5 Å². The molecule has 0 aromatic heterocycles. The van der Waals surface area contributed by atoms with E-state index in [9.17, 15) is 19.2 Å². The zero-order chi connectivity index (χ0) is 21.7. The summed E-state index contributed by atoms with van der Waals surface area (Å²) in [4.78, 5) is 48.6. The molecule has 0 aliphatic carbocycles. The number of aryl methyl sites for hydroxylation is 2. The molecular weight excluding hydrogens is 386 g/mol. The highest BCUT2D eigenvalue weighted by Gasteiger charge is 2.36. The van der Waals surface area contributed by atoms with Crippen LogP contribution in [0.15, 0.2) is 48.5 Å². The molecule has 0 saturated carbocycles. The van der Waals surface area contributed by atoms with Crippen molar-refractivity contribution >= 4 is 29.4 Å². The van der Waals surface area contributed by atoms with Crippen LogP contribution in [0, 0.1) is 19.8 Å². The van der Waals surface area contributed by atoms with E-state index >= 15 is 0 Å². The maximum Gasteiger partial charge on any atom is 0.311 e. The molecule has 0 radical (unpaired) electrons. The number of amides is 3. The van der Waals surface area contributed by atoms with Gasteiger partial charge < -0.3 is 10.1 Å². The minimum atomic E-state index is -0.747. The number of anilines is 1. The quantitative estimate of drug-likeness (QED) is 0.710. The number of esters is 1. The Morgan fingerprint density at radius 2 is 1.60 bits per heavy atom. The molecule has 2 aromatic rings. The largest absolute Gasteiger partial charge is 0.455 e. The summed E-state index contributed by atoms with van der Waals surface area (Å²) in [5, 5.41) is 3.74. The van der Waals surface area contributed by atoms with Crippen LogP contribution in [0.2, 0.25) is 0 Å². The third kappa shape index (κ3) is 5.44. The number of hydrogen-bond donors (Lipinski definition) is 2. The standard InChI is InChI=1S/C22H23N3O5/c1-14-3-7-16(8-4-14)21(28)24-25-12-17(11-20(25)27)22(29)30-13-19(26)23-18-9-5-15(2)6-10-18/h3-10,17H,11-13H2,1-2H3,(H,23,26)(H,24,28)/t17-/m0/s1. The van der Waals surface area contributed by atoms with E-state index in [1.807, 2.05) is 26.0 Å². The van der Waals surface area contributed by atoms with Crippen LogP contribution < -0.4 is 10.7 Å². The fourth-order valence-electron chi connectivity index (χ4n) is 2.95. The molecule has 30 heavy (non-hydrogen) atoms. The van der Waals surface area contributed by atoms with Gasteiger partial charge in [-0.05, 0) is 38.1 Å². The first kappa shape index (κ1) is 21.0. The molecule has 1 aliphatic heterocycles. The van der Waals surface area contributed by atoms with Crippen molar-refractivity contribution < 1.29 is 23.9 Å². The summed E-state index contributed by atoms with van der Waals surface area (Å²) >= 11 is 0. The van der Waals surface area contributed by atoms with E-state index in [0.29, 0.717) is 11.3 Å². The van der Waals surface area contributed by atoms with E-state index in [-0.39, 0.29) is 18.9 Å². The van der Waals surface area contributed by atoms with E-state index in [1.54, 1.807) is 36.4 Å². The Hall–Kier alpha value is -3.68. The van der Waals surface area contributed by atoms with Gasteiger partial charge in [0.2, 0.25) is 5.91 Å². The molecule has 0 bridgehead atoms. The predicted molar refractivity (Wildman–Crippen MR) is 109 cm³/mol. The van der Waals surface area contributed by atoms with Crippen LogP contribution in [0.5, 0.6) is 0 Å². The van der Waals surface area contributed by atoms with Crippen molar-refractivity contribution in [1.82, 2.24) is 10.4 Å². The smallest absolute Gasteiger partial charge is 0.311 e. The number of nitrogens with zero attached hydrogens (tertiary/aromatic N) is 1. The van der Waals surface area contributed by atoms with Gasteiger partial charge in [-0.25, -0.2) is 0 Å². The second-order valence-electron chi connectivity index (χ2n) is 7.23. The van der Waals surface area contributed by atoms with Crippen LogP contribution in [0.25, 0.3) is 0 Å². The maximum atomic E-state index is 12.3. The van der Waals surface area contributed by atoms with Crippen molar-refractivity contribution in [2.45, 2.75) is 20.3 Å². The summed E-state index contributed by atoms with van der Waals surface area (Å²) in [6.07, 6.45) is -0.0907. The maximum absolute atomic E-state index is 12.3. The molecule has 1 aliphatic rings. The van der Waals surface area contributed by atoms with Gasteiger partial charge in [-0.2, -0.15) is 0 Å². The van der Waals surface area contributed by atoms with Crippen molar-refractivity contribution in [3.63, 3.8) is 0 Å². The number of hydrazine groups is 1. The molecule has 8 nitrogen and oxygen atoms in total. The zero-order valence-electron chi connectivity index (χ0n) is 16.8. The van der Waals surface area contributed by atoms with Crippen LogP contribution in [-0.2, 0) is 19.1 Å². The lowest BCUT2D eigenvalue weighted by Gasteiger charge is -2.17. The molecular formula is C22H23N3O5. The third-order valence-electron chi connectivity index (χ3n) is 4.69. The summed E-state index contributed by atoms with van der Waals surface area (Å²) in [5.74, 6) is -2.70. The van der Waals surface area contributed by atoms with Crippen molar-refractivity contribution in [1.29, 1.82) is 0 Å². The molecule has 2 aromatic carbocycles. The minimum Gasteiger partial charge on any atom is -0.455 e. The van der Waals surface area contributed by atoms with Crippen molar-refractivity contribution in [2.24, 2.45) is 5.92 Å². The number of rotatable bonds is 6. The highest BCUT2D eigenvalue weighted by atomic mass is 16.5. The van der Waals surface area contributed by atoms with Crippen LogP contribution in [0.3, 0.4) is 0 Å². The number of benzene rings is 2. The fourth-order valence-corrected chi connectivity index (χ4v) is 2.95. The monoisotopic (exact) mass is 409 g/mol. The molecule has 2 N–H and O–H groups in total. The van der Waals surface area contributed by atoms with Crippen LogP contribution in [0.1, 0.15) is 27.9 Å². The summed E-state index contributed by atoms with van der Waals surface area (Å²) < 4.78 is 5.04. The molecule has 3 rings (SSSR count). The SMILES string of the molecule is Cc1ccc(NC(=O)COC(=O)[C@H]2CC(=O)N(NC(=O)c3ccc(C)cc3)C2)cc1.